The Kier molecular flexibility index (Phi) is 4.85. The van der Waals surface area contributed by atoms with Crippen LogP contribution in [0.2, 0.25) is 5.02 Å². The Hall–Kier alpha value is -2.64. The third-order valence-electron chi connectivity index (χ3n) is 5.53. The minimum atomic E-state index is 0.0378. The maximum Gasteiger partial charge on any atom is 0.246 e. The van der Waals surface area contributed by atoms with Gasteiger partial charge in [0, 0.05) is 22.8 Å². The van der Waals surface area contributed by atoms with Gasteiger partial charge in [0.25, 0.3) is 0 Å². The number of benzene rings is 1. The van der Waals surface area contributed by atoms with Crippen molar-refractivity contribution in [2.45, 2.75) is 31.9 Å². The molecule has 7 nitrogen and oxygen atoms in total. The summed E-state index contributed by atoms with van der Waals surface area (Å²) in [4.78, 5) is 13.5. The van der Waals surface area contributed by atoms with E-state index >= 15 is 0 Å². The third-order valence-corrected chi connectivity index (χ3v) is 5.78. The van der Waals surface area contributed by atoms with Crippen molar-refractivity contribution in [3.05, 3.63) is 70.6 Å². The van der Waals surface area contributed by atoms with Crippen LogP contribution < -0.4 is 0 Å². The molecule has 1 fully saturated rings. The zero-order chi connectivity index (χ0) is 19.8. The number of amidine groups is 1. The average molecular weight is 412 g/mol. The van der Waals surface area contributed by atoms with Gasteiger partial charge in [0.05, 0.1) is 32.5 Å². The first kappa shape index (κ1) is 18.4. The number of rotatable bonds is 4. The molecule has 29 heavy (non-hydrogen) atoms. The zero-order valence-corrected chi connectivity index (χ0v) is 16.9. The first-order valence-electron chi connectivity index (χ1n) is 9.76. The van der Waals surface area contributed by atoms with Gasteiger partial charge < -0.3 is 19.1 Å². The fourth-order valence-electron chi connectivity index (χ4n) is 3.87. The van der Waals surface area contributed by atoms with E-state index in [1.54, 1.807) is 0 Å². The van der Waals surface area contributed by atoms with E-state index in [9.17, 15) is 0 Å². The number of allylic oxidation sites excluding steroid dienone is 1. The molecule has 2 aromatic rings. The number of nitrogens with zero attached hydrogens (tertiary/aromatic N) is 5. The second-order valence-electron chi connectivity index (χ2n) is 7.53. The minimum Gasteiger partial charge on any atom is -0.373 e. The van der Waals surface area contributed by atoms with Gasteiger partial charge in [-0.2, -0.15) is 4.98 Å². The Morgan fingerprint density at radius 1 is 1.24 bits per heavy atom. The van der Waals surface area contributed by atoms with Crippen molar-refractivity contribution in [3.63, 3.8) is 0 Å². The molecule has 8 heteroatoms. The van der Waals surface area contributed by atoms with E-state index in [0.29, 0.717) is 24.9 Å². The molecule has 0 bridgehead atoms. The van der Waals surface area contributed by atoms with Crippen molar-refractivity contribution in [3.8, 4) is 0 Å². The maximum absolute atomic E-state index is 5.98. The highest BCUT2D eigenvalue weighted by Gasteiger charge is 2.31. The molecular weight excluding hydrogens is 390 g/mol. The molecule has 2 atom stereocenters. The summed E-state index contributed by atoms with van der Waals surface area (Å²) in [5.74, 6) is 2.47. The quantitative estimate of drug-likeness (QED) is 0.760. The molecule has 0 aliphatic carbocycles. The lowest BCUT2D eigenvalue weighted by atomic mass is 10.0. The summed E-state index contributed by atoms with van der Waals surface area (Å²) in [5.41, 5.74) is 2.34. The monoisotopic (exact) mass is 411 g/mol. The molecule has 1 aromatic heterocycles. The Balaban J connectivity index is 1.22. The number of hydrogen-bond donors (Lipinski definition) is 0. The van der Waals surface area contributed by atoms with Crippen LogP contribution in [0, 0.1) is 0 Å². The van der Waals surface area contributed by atoms with Crippen molar-refractivity contribution in [2.75, 3.05) is 19.8 Å². The number of fused-ring (bicyclic) bond motifs is 1. The summed E-state index contributed by atoms with van der Waals surface area (Å²) < 4.78 is 11.5. The molecule has 0 unspecified atom stereocenters. The van der Waals surface area contributed by atoms with Crippen LogP contribution in [0.5, 0.6) is 0 Å². The van der Waals surface area contributed by atoms with Crippen molar-refractivity contribution in [1.29, 1.82) is 0 Å². The summed E-state index contributed by atoms with van der Waals surface area (Å²) >= 11 is 5.98. The molecule has 1 aromatic carbocycles. The second kappa shape index (κ2) is 7.65. The lowest BCUT2D eigenvalue weighted by Gasteiger charge is -2.36. The van der Waals surface area contributed by atoms with Gasteiger partial charge in [0.2, 0.25) is 5.89 Å². The molecule has 0 spiro atoms. The van der Waals surface area contributed by atoms with Gasteiger partial charge >= 0.3 is 0 Å². The largest absolute Gasteiger partial charge is 0.373 e. The zero-order valence-electron chi connectivity index (χ0n) is 16.2. The molecule has 1 saturated heterocycles. The van der Waals surface area contributed by atoms with E-state index in [0.717, 1.165) is 36.1 Å². The molecule has 0 amide bonds. The summed E-state index contributed by atoms with van der Waals surface area (Å²) in [6, 6.07) is 7.80. The van der Waals surface area contributed by atoms with Crippen LogP contribution >= 0.6 is 11.6 Å². The van der Waals surface area contributed by atoms with Crippen LogP contribution in [0.1, 0.15) is 42.6 Å². The van der Waals surface area contributed by atoms with Gasteiger partial charge in [-0.1, -0.05) is 28.9 Å². The first-order valence-corrected chi connectivity index (χ1v) is 10.1. The van der Waals surface area contributed by atoms with Crippen molar-refractivity contribution in [2.24, 2.45) is 4.99 Å². The molecule has 0 N–H and O–H groups in total. The molecule has 5 rings (SSSR count). The van der Waals surface area contributed by atoms with E-state index in [2.05, 4.69) is 37.9 Å². The van der Waals surface area contributed by atoms with Crippen molar-refractivity contribution in [1.82, 2.24) is 19.9 Å². The average Bonchev–Trinajstić information content (AvgIpc) is 3.39. The van der Waals surface area contributed by atoms with Crippen LogP contribution in [-0.2, 0) is 11.3 Å². The number of ether oxygens (including phenoxy) is 1. The Labute approximate surface area is 174 Å². The van der Waals surface area contributed by atoms with Crippen molar-refractivity contribution >= 4 is 17.4 Å². The predicted molar refractivity (Wildman–Crippen MR) is 109 cm³/mol. The molecule has 4 heterocycles. The van der Waals surface area contributed by atoms with Gasteiger partial charge in [0.15, 0.2) is 5.82 Å². The molecule has 0 radical (unpaired) electrons. The molecule has 3 aliphatic rings. The second-order valence-corrected chi connectivity index (χ2v) is 7.97. The van der Waals surface area contributed by atoms with Gasteiger partial charge in [-0.05, 0) is 43.2 Å². The minimum absolute atomic E-state index is 0.0378. The van der Waals surface area contributed by atoms with Gasteiger partial charge in [-0.25, -0.2) is 0 Å². The van der Waals surface area contributed by atoms with E-state index in [1.807, 2.05) is 36.5 Å². The Morgan fingerprint density at radius 3 is 2.97 bits per heavy atom. The predicted octanol–water partition coefficient (Wildman–Crippen LogP) is 3.87. The molecule has 150 valence electrons. The Morgan fingerprint density at radius 2 is 2.10 bits per heavy atom. The SMILES string of the molecule is CC1=CCN=C2C=CN(Cc3nc([C@@H]4CO[C@@H](c5ccc(Cl)cc5)C4)no3)CN12. The summed E-state index contributed by atoms with van der Waals surface area (Å²) in [5, 5.41) is 4.94. The highest BCUT2D eigenvalue weighted by atomic mass is 35.5. The number of aliphatic imine (C=N–C) groups is 1. The lowest BCUT2D eigenvalue weighted by Crippen LogP contribution is -2.42. The first-order chi connectivity index (χ1) is 14.2. The third kappa shape index (κ3) is 3.80. The van der Waals surface area contributed by atoms with E-state index in [-0.39, 0.29) is 12.0 Å². The van der Waals surface area contributed by atoms with Gasteiger partial charge in [-0.3, -0.25) is 4.99 Å². The van der Waals surface area contributed by atoms with Gasteiger partial charge in [0.1, 0.15) is 5.84 Å². The summed E-state index contributed by atoms with van der Waals surface area (Å²) in [6.07, 6.45) is 7.06. The van der Waals surface area contributed by atoms with Crippen molar-refractivity contribution < 1.29 is 9.26 Å². The Bertz CT molecular complexity index is 981. The topological polar surface area (TPSA) is 67.0 Å². The normalized spacial score (nSPS) is 23.8. The fourth-order valence-corrected chi connectivity index (χ4v) is 3.99. The summed E-state index contributed by atoms with van der Waals surface area (Å²) in [7, 11) is 0. The maximum atomic E-state index is 5.98. The number of aromatic nitrogens is 2. The van der Waals surface area contributed by atoms with E-state index < -0.39 is 0 Å². The fraction of sp³-hybridized carbons (Fsp3) is 0.381. The van der Waals surface area contributed by atoms with Gasteiger partial charge in [-0.15, -0.1) is 0 Å². The standard InChI is InChI=1S/C21H22ClN5O2/c1-14-6-8-23-19-7-9-26(13-27(14)19)11-20-24-21(25-29-20)16-10-18(28-12-16)15-2-4-17(22)5-3-15/h2-7,9,16,18H,8,10-13H2,1H3/t16-,18+/m0/s1. The van der Waals surface area contributed by atoms with Crippen LogP contribution in [0.15, 0.2) is 57.8 Å². The molecular formula is C21H22ClN5O2. The van der Waals surface area contributed by atoms with Crippen LogP contribution in [0.3, 0.4) is 0 Å². The van der Waals surface area contributed by atoms with Crippen LogP contribution in [-0.4, -0.2) is 45.6 Å². The highest BCUT2D eigenvalue weighted by Crippen LogP contribution is 2.37. The summed E-state index contributed by atoms with van der Waals surface area (Å²) in [6.45, 7) is 4.73. The van der Waals surface area contributed by atoms with Crippen LogP contribution in [0.4, 0.5) is 0 Å². The van der Waals surface area contributed by atoms with Crippen LogP contribution in [0.25, 0.3) is 0 Å². The number of halogens is 1. The van der Waals surface area contributed by atoms with E-state index in [1.165, 1.54) is 5.70 Å². The number of hydrogen-bond acceptors (Lipinski definition) is 7. The highest BCUT2D eigenvalue weighted by molar-refractivity contribution is 6.30. The molecule has 0 saturated carbocycles. The smallest absolute Gasteiger partial charge is 0.246 e. The molecule has 3 aliphatic heterocycles. The van der Waals surface area contributed by atoms with E-state index in [4.69, 9.17) is 20.9 Å². The lowest BCUT2D eigenvalue weighted by molar-refractivity contribution is 0.110.